The number of carbonyl (C=O) groups is 1. The van der Waals surface area contributed by atoms with Gasteiger partial charge < -0.3 is 10.4 Å². The van der Waals surface area contributed by atoms with Crippen LogP contribution in [0.5, 0.6) is 0 Å². The van der Waals surface area contributed by atoms with Crippen LogP contribution in [0, 0.1) is 5.92 Å². The molecule has 0 aliphatic heterocycles. The molecular weight excluding hydrogens is 294 g/mol. The third kappa shape index (κ3) is 3.57. The molecule has 0 saturated heterocycles. The number of amides is 1. The lowest BCUT2D eigenvalue weighted by atomic mass is 9.95. The summed E-state index contributed by atoms with van der Waals surface area (Å²) in [6, 6.07) is 13.9. The number of hydrogen-bond acceptors (Lipinski definition) is 3. The maximum atomic E-state index is 12.1. The highest BCUT2D eigenvalue weighted by Gasteiger charge is 2.45. The standard InChI is InChI=1S/C18H21NO2S/c20-17(11-8-14-5-2-1-3-6-14)19-13-18(21,15-9-10-15)16-7-4-12-22-16/h1-7,12,15,21H,8-11,13H2,(H,19,20)/t18-/m1/s1. The maximum Gasteiger partial charge on any atom is 0.220 e. The van der Waals surface area contributed by atoms with Gasteiger partial charge in [0.2, 0.25) is 5.91 Å². The largest absolute Gasteiger partial charge is 0.382 e. The van der Waals surface area contributed by atoms with Crippen LogP contribution in [0.2, 0.25) is 0 Å². The van der Waals surface area contributed by atoms with E-state index in [4.69, 9.17) is 0 Å². The monoisotopic (exact) mass is 315 g/mol. The summed E-state index contributed by atoms with van der Waals surface area (Å²) in [7, 11) is 0. The number of aryl methyl sites for hydroxylation is 1. The number of carbonyl (C=O) groups excluding carboxylic acids is 1. The highest BCUT2D eigenvalue weighted by molar-refractivity contribution is 7.10. The molecule has 2 N–H and O–H groups in total. The highest BCUT2D eigenvalue weighted by Crippen LogP contribution is 2.46. The number of benzene rings is 1. The molecule has 0 spiro atoms. The average Bonchev–Trinajstić information content (AvgIpc) is 3.26. The third-order valence-corrected chi connectivity index (χ3v) is 5.28. The van der Waals surface area contributed by atoms with Gasteiger partial charge in [0, 0.05) is 11.3 Å². The van der Waals surface area contributed by atoms with Crippen molar-refractivity contribution in [2.24, 2.45) is 5.92 Å². The molecule has 116 valence electrons. The first-order valence-corrected chi connectivity index (χ1v) is 8.63. The Morgan fingerprint density at radius 1 is 1.23 bits per heavy atom. The van der Waals surface area contributed by atoms with Crippen molar-refractivity contribution in [2.45, 2.75) is 31.3 Å². The molecule has 3 rings (SSSR count). The first-order valence-electron chi connectivity index (χ1n) is 7.75. The quantitative estimate of drug-likeness (QED) is 0.825. The van der Waals surface area contributed by atoms with E-state index in [1.807, 2.05) is 47.8 Å². The van der Waals surface area contributed by atoms with E-state index in [1.165, 1.54) is 0 Å². The van der Waals surface area contributed by atoms with E-state index in [2.05, 4.69) is 5.32 Å². The molecule has 1 amide bonds. The molecular formula is C18H21NO2S. The molecule has 1 aromatic heterocycles. The second kappa shape index (κ2) is 6.63. The minimum atomic E-state index is -0.892. The van der Waals surface area contributed by atoms with Crippen LogP contribution in [0.3, 0.4) is 0 Å². The van der Waals surface area contributed by atoms with E-state index in [-0.39, 0.29) is 11.8 Å². The lowest BCUT2D eigenvalue weighted by molar-refractivity contribution is -0.122. The van der Waals surface area contributed by atoms with Gasteiger partial charge in [-0.05, 0) is 42.2 Å². The van der Waals surface area contributed by atoms with Crippen molar-refractivity contribution in [1.29, 1.82) is 0 Å². The van der Waals surface area contributed by atoms with Crippen LogP contribution in [-0.4, -0.2) is 17.6 Å². The number of hydrogen-bond donors (Lipinski definition) is 2. The first-order chi connectivity index (χ1) is 10.7. The zero-order chi connectivity index (χ0) is 15.4. The van der Waals surface area contributed by atoms with Crippen LogP contribution in [-0.2, 0) is 16.8 Å². The van der Waals surface area contributed by atoms with Gasteiger partial charge >= 0.3 is 0 Å². The third-order valence-electron chi connectivity index (χ3n) is 4.24. The Morgan fingerprint density at radius 3 is 2.64 bits per heavy atom. The minimum Gasteiger partial charge on any atom is -0.382 e. The van der Waals surface area contributed by atoms with E-state index >= 15 is 0 Å². The zero-order valence-corrected chi connectivity index (χ0v) is 13.3. The topological polar surface area (TPSA) is 49.3 Å². The van der Waals surface area contributed by atoms with Crippen LogP contribution in [0.1, 0.15) is 29.7 Å². The molecule has 1 aliphatic rings. The Hall–Kier alpha value is -1.65. The molecule has 1 fully saturated rings. The predicted octanol–water partition coefficient (Wildman–Crippen LogP) is 3.09. The average molecular weight is 315 g/mol. The lowest BCUT2D eigenvalue weighted by Gasteiger charge is -2.27. The van der Waals surface area contributed by atoms with Gasteiger partial charge in [-0.25, -0.2) is 0 Å². The summed E-state index contributed by atoms with van der Waals surface area (Å²) in [5.74, 6) is 0.278. The van der Waals surface area contributed by atoms with Gasteiger partial charge in [-0.15, -0.1) is 11.3 Å². The zero-order valence-electron chi connectivity index (χ0n) is 12.5. The molecule has 1 heterocycles. The van der Waals surface area contributed by atoms with E-state index in [9.17, 15) is 9.90 Å². The molecule has 2 aromatic rings. The van der Waals surface area contributed by atoms with Gasteiger partial charge in [0.15, 0.2) is 0 Å². The minimum absolute atomic E-state index is 0.000478. The van der Waals surface area contributed by atoms with Gasteiger partial charge in [0.25, 0.3) is 0 Å². The van der Waals surface area contributed by atoms with Gasteiger partial charge in [0.1, 0.15) is 5.60 Å². The molecule has 4 heteroatoms. The number of rotatable bonds is 7. The Balaban J connectivity index is 1.53. The highest BCUT2D eigenvalue weighted by atomic mass is 32.1. The van der Waals surface area contributed by atoms with Crippen molar-refractivity contribution in [3.05, 3.63) is 58.3 Å². The number of nitrogens with one attached hydrogen (secondary N) is 1. The Bertz CT molecular complexity index is 607. The molecule has 1 aliphatic carbocycles. The smallest absolute Gasteiger partial charge is 0.220 e. The summed E-state index contributed by atoms with van der Waals surface area (Å²) in [4.78, 5) is 13.0. The van der Waals surface area contributed by atoms with Crippen molar-refractivity contribution < 1.29 is 9.90 Å². The molecule has 0 radical (unpaired) electrons. The second-order valence-electron chi connectivity index (χ2n) is 5.94. The van der Waals surface area contributed by atoms with Gasteiger partial charge in [-0.2, -0.15) is 0 Å². The molecule has 22 heavy (non-hydrogen) atoms. The van der Waals surface area contributed by atoms with Gasteiger partial charge in [-0.3, -0.25) is 4.79 Å². The van der Waals surface area contributed by atoms with Crippen LogP contribution in [0.15, 0.2) is 47.8 Å². The fourth-order valence-electron chi connectivity index (χ4n) is 2.74. The van der Waals surface area contributed by atoms with Crippen LogP contribution in [0.4, 0.5) is 0 Å². The SMILES string of the molecule is O=C(CCc1ccccc1)NC[C@](O)(c1cccs1)C1CC1. The van der Waals surface area contributed by atoms with E-state index in [1.54, 1.807) is 11.3 Å². The van der Waals surface area contributed by atoms with Gasteiger partial charge in [-0.1, -0.05) is 36.4 Å². The fourth-order valence-corrected chi connectivity index (χ4v) is 3.65. The van der Waals surface area contributed by atoms with Crippen molar-refractivity contribution in [2.75, 3.05) is 6.54 Å². The number of thiophene rings is 1. The molecule has 0 bridgehead atoms. The molecule has 1 atom stereocenters. The van der Waals surface area contributed by atoms with Crippen LogP contribution >= 0.6 is 11.3 Å². The summed E-state index contributed by atoms with van der Waals surface area (Å²) in [6.45, 7) is 0.311. The maximum absolute atomic E-state index is 12.1. The van der Waals surface area contributed by atoms with E-state index in [0.29, 0.717) is 13.0 Å². The van der Waals surface area contributed by atoms with E-state index in [0.717, 1.165) is 29.7 Å². The second-order valence-corrected chi connectivity index (χ2v) is 6.89. The Labute approximate surface area is 135 Å². The molecule has 1 aromatic carbocycles. The Kier molecular flexibility index (Phi) is 4.60. The summed E-state index contributed by atoms with van der Waals surface area (Å²) in [6.07, 6.45) is 3.26. The van der Waals surface area contributed by atoms with E-state index < -0.39 is 5.60 Å². The Morgan fingerprint density at radius 2 is 2.00 bits per heavy atom. The molecule has 3 nitrogen and oxygen atoms in total. The fraction of sp³-hybridized carbons (Fsp3) is 0.389. The van der Waals surface area contributed by atoms with Crippen molar-refractivity contribution in [3.63, 3.8) is 0 Å². The summed E-state index contributed by atoms with van der Waals surface area (Å²) < 4.78 is 0. The summed E-state index contributed by atoms with van der Waals surface area (Å²) >= 11 is 1.56. The van der Waals surface area contributed by atoms with Crippen LogP contribution in [0.25, 0.3) is 0 Å². The first kappa shape index (κ1) is 15.3. The van der Waals surface area contributed by atoms with Gasteiger partial charge in [0.05, 0.1) is 6.54 Å². The lowest BCUT2D eigenvalue weighted by Crippen LogP contribution is -2.42. The summed E-state index contributed by atoms with van der Waals surface area (Å²) in [5, 5.41) is 15.8. The number of aliphatic hydroxyl groups is 1. The van der Waals surface area contributed by atoms with Crippen molar-refractivity contribution >= 4 is 17.2 Å². The summed E-state index contributed by atoms with van der Waals surface area (Å²) in [5.41, 5.74) is 0.268. The molecule has 0 unspecified atom stereocenters. The van der Waals surface area contributed by atoms with Crippen molar-refractivity contribution in [3.8, 4) is 0 Å². The van der Waals surface area contributed by atoms with Crippen LogP contribution < -0.4 is 5.32 Å². The molecule has 1 saturated carbocycles. The predicted molar refractivity (Wildman–Crippen MR) is 88.7 cm³/mol. The normalized spacial score (nSPS) is 17.0. The van der Waals surface area contributed by atoms with Crippen molar-refractivity contribution in [1.82, 2.24) is 5.32 Å².